The third kappa shape index (κ3) is 13.1. The Bertz CT molecular complexity index is 358. The van der Waals surface area contributed by atoms with Crippen molar-refractivity contribution in [2.45, 2.75) is 52.4 Å². The summed E-state index contributed by atoms with van der Waals surface area (Å²) in [5.74, 6) is -0.271. The standard InChI is InChI=1S/C13H25NO8S/c1-9(2)19-11(15)10(8-18-6-7-23-22-21-17)14-12(16)20-13(3,4)5/h9-10,17H,6-8H2,1-5H3,(H,14,16). The maximum atomic E-state index is 12.0. The van der Waals surface area contributed by atoms with Crippen LogP contribution in [0.4, 0.5) is 4.79 Å². The van der Waals surface area contributed by atoms with E-state index in [1.54, 1.807) is 34.6 Å². The molecule has 1 amide bonds. The number of nitrogens with one attached hydrogen (secondary N) is 1. The summed E-state index contributed by atoms with van der Waals surface area (Å²) in [5, 5.41) is 13.8. The van der Waals surface area contributed by atoms with E-state index in [1.807, 2.05) is 0 Å². The molecule has 0 saturated carbocycles. The topological polar surface area (TPSA) is 113 Å². The molecule has 23 heavy (non-hydrogen) atoms. The van der Waals surface area contributed by atoms with Gasteiger partial charge in [0.25, 0.3) is 0 Å². The van der Waals surface area contributed by atoms with Crippen LogP contribution < -0.4 is 5.32 Å². The molecule has 0 radical (unpaired) electrons. The Balaban J connectivity index is 4.39. The van der Waals surface area contributed by atoms with Crippen molar-refractivity contribution in [3.05, 3.63) is 0 Å². The molecule has 0 aromatic heterocycles. The predicted octanol–water partition coefficient (Wildman–Crippen LogP) is 1.92. The van der Waals surface area contributed by atoms with Gasteiger partial charge in [0.2, 0.25) is 0 Å². The summed E-state index contributed by atoms with van der Waals surface area (Å²) in [5.41, 5.74) is -0.685. The summed E-state index contributed by atoms with van der Waals surface area (Å²) in [6.45, 7) is 8.65. The largest absolute Gasteiger partial charge is 0.461 e. The molecule has 0 saturated heterocycles. The van der Waals surface area contributed by atoms with Gasteiger partial charge in [-0.15, -0.1) is 4.33 Å². The van der Waals surface area contributed by atoms with Crippen molar-refractivity contribution < 1.29 is 38.4 Å². The molecule has 0 aliphatic carbocycles. The van der Waals surface area contributed by atoms with Crippen molar-refractivity contribution in [1.82, 2.24) is 5.32 Å². The van der Waals surface area contributed by atoms with E-state index in [9.17, 15) is 9.59 Å². The van der Waals surface area contributed by atoms with Crippen LogP contribution in [0.15, 0.2) is 0 Å². The van der Waals surface area contributed by atoms with Crippen LogP contribution in [-0.2, 0) is 28.4 Å². The van der Waals surface area contributed by atoms with Gasteiger partial charge in [0.15, 0.2) is 6.04 Å². The average Bonchev–Trinajstić information content (AvgIpc) is 2.38. The predicted molar refractivity (Wildman–Crippen MR) is 82.5 cm³/mol. The van der Waals surface area contributed by atoms with Crippen LogP contribution in [0.25, 0.3) is 0 Å². The Morgan fingerprint density at radius 3 is 2.43 bits per heavy atom. The summed E-state index contributed by atoms with van der Waals surface area (Å²) >= 11 is 0.820. The fourth-order valence-electron chi connectivity index (χ4n) is 1.28. The lowest BCUT2D eigenvalue weighted by Gasteiger charge is -2.23. The van der Waals surface area contributed by atoms with E-state index in [1.165, 1.54) is 0 Å². The van der Waals surface area contributed by atoms with E-state index in [0.717, 1.165) is 12.0 Å². The van der Waals surface area contributed by atoms with E-state index >= 15 is 0 Å². The van der Waals surface area contributed by atoms with Gasteiger partial charge >= 0.3 is 12.1 Å². The SMILES string of the molecule is CC(C)OC(=O)C(COCCSOOO)NC(=O)OC(C)(C)C. The molecule has 9 nitrogen and oxygen atoms in total. The molecule has 10 heteroatoms. The van der Waals surface area contributed by atoms with Crippen LogP contribution in [0.5, 0.6) is 0 Å². The van der Waals surface area contributed by atoms with E-state index < -0.39 is 23.7 Å². The second-order valence-electron chi connectivity index (χ2n) is 5.72. The van der Waals surface area contributed by atoms with Crippen LogP contribution in [0.1, 0.15) is 34.6 Å². The lowest BCUT2D eigenvalue weighted by molar-refractivity contribution is -0.432. The zero-order valence-corrected chi connectivity index (χ0v) is 14.8. The minimum Gasteiger partial charge on any atom is -0.461 e. The van der Waals surface area contributed by atoms with Crippen molar-refractivity contribution in [3.8, 4) is 0 Å². The molecular weight excluding hydrogens is 330 g/mol. The highest BCUT2D eigenvalue weighted by Crippen LogP contribution is 2.07. The van der Waals surface area contributed by atoms with Crippen LogP contribution >= 0.6 is 12.0 Å². The molecule has 2 N–H and O–H groups in total. The van der Waals surface area contributed by atoms with Crippen molar-refractivity contribution >= 4 is 24.1 Å². The van der Waals surface area contributed by atoms with Crippen LogP contribution in [0.3, 0.4) is 0 Å². The number of hydrogen-bond donors (Lipinski definition) is 2. The first kappa shape index (κ1) is 21.9. The highest BCUT2D eigenvalue weighted by Gasteiger charge is 2.26. The molecule has 0 bridgehead atoms. The van der Waals surface area contributed by atoms with Crippen LogP contribution in [0.2, 0.25) is 0 Å². The fourth-order valence-corrected chi connectivity index (χ4v) is 1.58. The number of alkyl carbamates (subject to hydrolysis) is 1. The zero-order chi connectivity index (χ0) is 17.9. The van der Waals surface area contributed by atoms with E-state index in [-0.39, 0.29) is 19.3 Å². The maximum Gasteiger partial charge on any atom is 0.408 e. The van der Waals surface area contributed by atoms with Crippen molar-refractivity contribution in [1.29, 1.82) is 0 Å². The maximum absolute atomic E-state index is 12.0. The van der Waals surface area contributed by atoms with Crippen molar-refractivity contribution in [3.63, 3.8) is 0 Å². The smallest absolute Gasteiger partial charge is 0.408 e. The number of rotatable bonds is 10. The lowest BCUT2D eigenvalue weighted by atomic mass is 10.2. The van der Waals surface area contributed by atoms with Gasteiger partial charge in [0, 0.05) is 17.8 Å². The van der Waals surface area contributed by atoms with Gasteiger partial charge in [-0.25, -0.2) is 14.8 Å². The van der Waals surface area contributed by atoms with Gasteiger partial charge in [-0.2, -0.15) is 0 Å². The normalized spacial score (nSPS) is 12.8. The molecule has 1 unspecified atom stereocenters. The number of esters is 1. The summed E-state index contributed by atoms with van der Waals surface area (Å²) in [4.78, 5) is 23.7. The van der Waals surface area contributed by atoms with Crippen LogP contribution in [-0.4, -0.2) is 54.0 Å². The summed E-state index contributed by atoms with van der Waals surface area (Å²) in [6.07, 6.45) is -1.06. The lowest BCUT2D eigenvalue weighted by Crippen LogP contribution is -2.47. The highest BCUT2D eigenvalue weighted by atomic mass is 32.2. The number of amides is 1. The van der Waals surface area contributed by atoms with Crippen LogP contribution in [0, 0.1) is 0 Å². The van der Waals surface area contributed by atoms with E-state index in [4.69, 9.17) is 19.5 Å². The highest BCUT2D eigenvalue weighted by molar-refractivity contribution is 7.94. The Kier molecular flexibility index (Phi) is 10.9. The Morgan fingerprint density at radius 2 is 1.91 bits per heavy atom. The molecule has 0 aromatic rings. The molecule has 1 atom stereocenters. The zero-order valence-electron chi connectivity index (χ0n) is 14.0. The Hall–Kier alpha value is -1.07. The van der Waals surface area contributed by atoms with E-state index in [2.05, 4.69) is 14.7 Å². The summed E-state index contributed by atoms with van der Waals surface area (Å²) in [6, 6.07) is -0.993. The first-order valence-corrected chi connectivity index (χ1v) is 7.94. The van der Waals surface area contributed by atoms with Crippen molar-refractivity contribution in [2.75, 3.05) is 19.0 Å². The number of carbonyl (C=O) groups excluding carboxylic acids is 2. The van der Waals surface area contributed by atoms with Gasteiger partial charge in [0.05, 0.1) is 19.3 Å². The molecule has 0 heterocycles. The van der Waals surface area contributed by atoms with Gasteiger partial charge in [0.1, 0.15) is 5.60 Å². The van der Waals surface area contributed by atoms with Gasteiger partial charge in [-0.3, -0.25) is 0 Å². The third-order valence-corrected chi connectivity index (χ3v) is 2.49. The summed E-state index contributed by atoms with van der Waals surface area (Å²) < 4.78 is 19.6. The van der Waals surface area contributed by atoms with Gasteiger partial charge in [-0.05, 0) is 34.6 Å². The second-order valence-corrected chi connectivity index (χ2v) is 6.50. The van der Waals surface area contributed by atoms with Gasteiger partial charge < -0.3 is 19.5 Å². The monoisotopic (exact) mass is 355 g/mol. The number of hydrogen-bond acceptors (Lipinski definition) is 9. The average molecular weight is 355 g/mol. The molecule has 0 aliphatic heterocycles. The Labute approximate surface area is 140 Å². The van der Waals surface area contributed by atoms with E-state index in [0.29, 0.717) is 5.75 Å². The molecule has 0 rings (SSSR count). The summed E-state index contributed by atoms with van der Waals surface area (Å²) in [7, 11) is 0. The number of carbonyl (C=O) groups is 2. The Morgan fingerprint density at radius 1 is 1.26 bits per heavy atom. The molecule has 0 aromatic carbocycles. The third-order valence-electron chi connectivity index (χ3n) is 2.00. The fraction of sp³-hybridized carbons (Fsp3) is 0.846. The molecule has 0 fully saturated rings. The molecule has 0 aliphatic rings. The molecule has 136 valence electrons. The second kappa shape index (κ2) is 11.5. The quantitative estimate of drug-likeness (QED) is 0.199. The van der Waals surface area contributed by atoms with Gasteiger partial charge in [-0.1, -0.05) is 5.04 Å². The van der Waals surface area contributed by atoms with Crippen molar-refractivity contribution in [2.24, 2.45) is 0 Å². The molecule has 0 spiro atoms. The molecular formula is C13H25NO8S. The number of ether oxygens (including phenoxy) is 3. The minimum atomic E-state index is -0.993. The first-order chi connectivity index (χ1) is 10.7. The first-order valence-electron chi connectivity index (χ1n) is 7.03. The minimum absolute atomic E-state index is 0.0919.